The summed E-state index contributed by atoms with van der Waals surface area (Å²) < 4.78 is 31.3. The molecule has 2 rings (SSSR count). The van der Waals surface area contributed by atoms with E-state index in [1.54, 1.807) is 38.5 Å². The molecular formula is C15H22N2O4S. The lowest BCUT2D eigenvalue weighted by Crippen LogP contribution is -2.32. The standard InChI is InChI=1S/C15H22N2O4S/c1-4-21-15(18)14-9-13(14)10-22(19,20)17(3)11(2)12-5-7-16-8-6-12/h5-8,11,13-14H,4,9-10H2,1-3H3/t11?,13-,14+/m0/s1. The van der Waals surface area contributed by atoms with E-state index in [1.165, 1.54) is 4.31 Å². The molecule has 0 saturated heterocycles. The largest absolute Gasteiger partial charge is 0.466 e. The van der Waals surface area contributed by atoms with E-state index >= 15 is 0 Å². The Kier molecular flexibility index (Phi) is 5.18. The predicted molar refractivity (Wildman–Crippen MR) is 82.4 cm³/mol. The van der Waals surface area contributed by atoms with Crippen molar-refractivity contribution in [2.24, 2.45) is 11.8 Å². The third kappa shape index (κ3) is 3.84. The number of rotatable bonds is 7. The number of carbonyl (C=O) groups excluding carboxylic acids is 1. The normalized spacial score (nSPS) is 22.4. The Morgan fingerprint density at radius 1 is 1.45 bits per heavy atom. The lowest BCUT2D eigenvalue weighted by atomic mass is 10.1. The van der Waals surface area contributed by atoms with E-state index in [9.17, 15) is 13.2 Å². The van der Waals surface area contributed by atoms with Gasteiger partial charge in [-0.1, -0.05) is 0 Å². The summed E-state index contributed by atoms with van der Waals surface area (Å²) in [6.45, 7) is 3.91. The molecule has 22 heavy (non-hydrogen) atoms. The number of carbonyl (C=O) groups is 1. The minimum atomic E-state index is -3.42. The fourth-order valence-corrected chi connectivity index (χ4v) is 4.20. The summed E-state index contributed by atoms with van der Waals surface area (Å²) in [5, 5.41) is 0. The van der Waals surface area contributed by atoms with Crippen molar-refractivity contribution < 1.29 is 17.9 Å². The lowest BCUT2D eigenvalue weighted by molar-refractivity contribution is -0.144. The van der Waals surface area contributed by atoms with Crippen LogP contribution in [0.1, 0.15) is 31.9 Å². The summed E-state index contributed by atoms with van der Waals surface area (Å²) in [5.41, 5.74) is 0.888. The monoisotopic (exact) mass is 326 g/mol. The highest BCUT2D eigenvalue weighted by molar-refractivity contribution is 7.89. The number of esters is 1. The third-order valence-corrected chi connectivity index (χ3v) is 6.15. The SMILES string of the molecule is CCOC(=O)[C@@H]1C[C@H]1CS(=O)(=O)N(C)C(C)c1ccncc1. The number of pyridine rings is 1. The molecule has 1 fully saturated rings. The van der Waals surface area contributed by atoms with Crippen molar-refractivity contribution in [1.29, 1.82) is 0 Å². The summed E-state index contributed by atoms with van der Waals surface area (Å²) in [6, 6.07) is 3.33. The van der Waals surface area contributed by atoms with Gasteiger partial charge in [0.15, 0.2) is 0 Å². The van der Waals surface area contributed by atoms with Crippen LogP contribution in [0.25, 0.3) is 0 Å². The first kappa shape index (κ1) is 16.9. The van der Waals surface area contributed by atoms with E-state index in [1.807, 2.05) is 6.92 Å². The van der Waals surface area contributed by atoms with Crippen LogP contribution in [-0.4, -0.2) is 43.1 Å². The second-order valence-electron chi connectivity index (χ2n) is 5.61. The van der Waals surface area contributed by atoms with E-state index in [2.05, 4.69) is 4.98 Å². The Morgan fingerprint density at radius 2 is 2.09 bits per heavy atom. The highest BCUT2D eigenvalue weighted by Crippen LogP contribution is 2.41. The minimum absolute atomic E-state index is 0.0115. The fourth-order valence-electron chi connectivity index (χ4n) is 2.45. The molecule has 122 valence electrons. The number of ether oxygens (including phenoxy) is 1. The molecule has 0 spiro atoms. The molecular weight excluding hydrogens is 304 g/mol. The topological polar surface area (TPSA) is 76.6 Å². The van der Waals surface area contributed by atoms with Crippen molar-refractivity contribution >= 4 is 16.0 Å². The van der Waals surface area contributed by atoms with Crippen LogP contribution in [0.5, 0.6) is 0 Å². The zero-order chi connectivity index (χ0) is 16.3. The maximum atomic E-state index is 12.5. The first-order valence-electron chi connectivity index (χ1n) is 7.39. The average Bonchev–Trinajstić information content (AvgIpc) is 3.25. The number of aromatic nitrogens is 1. The van der Waals surface area contributed by atoms with Crippen LogP contribution in [-0.2, 0) is 19.6 Å². The number of hydrogen-bond donors (Lipinski definition) is 0. The molecule has 1 unspecified atom stereocenters. The molecule has 7 heteroatoms. The van der Waals surface area contributed by atoms with Gasteiger partial charge in [-0.3, -0.25) is 9.78 Å². The highest BCUT2D eigenvalue weighted by Gasteiger charge is 2.47. The van der Waals surface area contributed by atoms with E-state index in [0.717, 1.165) is 5.56 Å². The average molecular weight is 326 g/mol. The molecule has 6 nitrogen and oxygen atoms in total. The summed E-state index contributed by atoms with van der Waals surface area (Å²) in [5.74, 6) is -0.689. The zero-order valence-electron chi connectivity index (χ0n) is 13.1. The summed E-state index contributed by atoms with van der Waals surface area (Å²) in [7, 11) is -1.85. The Balaban J connectivity index is 1.98. The van der Waals surface area contributed by atoms with Gasteiger partial charge in [-0.05, 0) is 43.9 Å². The van der Waals surface area contributed by atoms with Crippen LogP contribution in [0.4, 0.5) is 0 Å². The molecule has 0 radical (unpaired) electrons. The van der Waals surface area contributed by atoms with Crippen molar-refractivity contribution in [3.8, 4) is 0 Å². The van der Waals surface area contributed by atoms with Crippen molar-refractivity contribution in [2.45, 2.75) is 26.3 Å². The highest BCUT2D eigenvalue weighted by atomic mass is 32.2. The molecule has 1 aliphatic rings. The molecule has 1 aromatic rings. The maximum absolute atomic E-state index is 12.5. The van der Waals surface area contributed by atoms with Gasteiger partial charge in [0.1, 0.15) is 0 Å². The van der Waals surface area contributed by atoms with Crippen molar-refractivity contribution in [1.82, 2.24) is 9.29 Å². The van der Waals surface area contributed by atoms with Crippen LogP contribution < -0.4 is 0 Å². The second-order valence-corrected chi connectivity index (χ2v) is 7.68. The Bertz CT molecular complexity index is 618. The first-order valence-corrected chi connectivity index (χ1v) is 9.00. The Hall–Kier alpha value is -1.47. The van der Waals surface area contributed by atoms with E-state index in [0.29, 0.717) is 13.0 Å². The number of sulfonamides is 1. The van der Waals surface area contributed by atoms with Crippen LogP contribution in [0.15, 0.2) is 24.5 Å². The summed E-state index contributed by atoms with van der Waals surface area (Å²) in [6.07, 6.45) is 3.88. The summed E-state index contributed by atoms with van der Waals surface area (Å²) in [4.78, 5) is 15.5. The molecule has 0 amide bonds. The van der Waals surface area contributed by atoms with Gasteiger partial charge in [0.05, 0.1) is 18.3 Å². The number of hydrogen-bond acceptors (Lipinski definition) is 5. The maximum Gasteiger partial charge on any atom is 0.309 e. The van der Waals surface area contributed by atoms with E-state index < -0.39 is 10.0 Å². The van der Waals surface area contributed by atoms with Gasteiger partial charge in [0.25, 0.3) is 0 Å². The molecule has 1 aromatic heterocycles. The van der Waals surface area contributed by atoms with Crippen molar-refractivity contribution in [2.75, 3.05) is 19.4 Å². The molecule has 1 aliphatic carbocycles. The lowest BCUT2D eigenvalue weighted by Gasteiger charge is -2.24. The first-order chi connectivity index (χ1) is 10.4. The molecule has 3 atom stereocenters. The van der Waals surface area contributed by atoms with E-state index in [4.69, 9.17) is 4.74 Å². The third-order valence-electron chi connectivity index (χ3n) is 4.11. The molecule has 1 saturated carbocycles. The van der Waals surface area contributed by atoms with Crippen molar-refractivity contribution in [3.05, 3.63) is 30.1 Å². The molecule has 1 heterocycles. The van der Waals surface area contributed by atoms with E-state index in [-0.39, 0.29) is 29.6 Å². The van der Waals surface area contributed by atoms with Gasteiger partial charge in [0.2, 0.25) is 10.0 Å². The van der Waals surface area contributed by atoms with Crippen LogP contribution in [0, 0.1) is 11.8 Å². The molecule has 0 bridgehead atoms. The Morgan fingerprint density at radius 3 is 2.68 bits per heavy atom. The van der Waals surface area contributed by atoms with Gasteiger partial charge in [-0.25, -0.2) is 8.42 Å². The predicted octanol–water partition coefficient (Wildman–Crippen LogP) is 1.60. The zero-order valence-corrected chi connectivity index (χ0v) is 13.9. The second kappa shape index (κ2) is 6.75. The van der Waals surface area contributed by atoms with Gasteiger partial charge >= 0.3 is 5.97 Å². The molecule has 0 N–H and O–H groups in total. The van der Waals surface area contributed by atoms with Crippen LogP contribution in [0.2, 0.25) is 0 Å². The molecule has 0 aliphatic heterocycles. The van der Waals surface area contributed by atoms with Gasteiger partial charge in [-0.2, -0.15) is 4.31 Å². The number of nitrogens with zero attached hydrogens (tertiary/aromatic N) is 2. The van der Waals surface area contributed by atoms with Gasteiger partial charge in [0, 0.05) is 25.5 Å². The quantitative estimate of drug-likeness (QED) is 0.711. The fraction of sp³-hybridized carbons (Fsp3) is 0.600. The van der Waals surface area contributed by atoms with Crippen LogP contribution in [0.3, 0.4) is 0 Å². The van der Waals surface area contributed by atoms with Crippen LogP contribution >= 0.6 is 0 Å². The van der Waals surface area contributed by atoms with Gasteiger partial charge < -0.3 is 4.74 Å². The minimum Gasteiger partial charge on any atom is -0.466 e. The molecule has 0 aromatic carbocycles. The Labute approximate surface area is 131 Å². The van der Waals surface area contributed by atoms with Crippen molar-refractivity contribution in [3.63, 3.8) is 0 Å². The summed E-state index contributed by atoms with van der Waals surface area (Å²) >= 11 is 0. The smallest absolute Gasteiger partial charge is 0.309 e. The van der Waals surface area contributed by atoms with Gasteiger partial charge in [-0.15, -0.1) is 0 Å².